The Balaban J connectivity index is 1.41. The van der Waals surface area contributed by atoms with E-state index in [2.05, 4.69) is 90.0 Å². The Hall–Kier alpha value is -1.67. The van der Waals surface area contributed by atoms with Crippen molar-refractivity contribution in [3.05, 3.63) is 58.7 Å². The molecule has 5 unspecified atom stereocenters. The summed E-state index contributed by atoms with van der Waals surface area (Å²) in [5, 5.41) is 13.6. The second kappa shape index (κ2) is 11.1. The molecule has 0 saturated heterocycles. The van der Waals surface area contributed by atoms with E-state index in [4.69, 9.17) is 9.47 Å². The van der Waals surface area contributed by atoms with E-state index in [1.165, 1.54) is 16.0 Å². The molecule has 1 fully saturated rings. The number of carboxylic acids is 1. The minimum atomic E-state index is -1.16. The molecule has 2 aliphatic rings. The molecule has 2 aromatic rings. The summed E-state index contributed by atoms with van der Waals surface area (Å²) in [4.78, 5) is 13.2. The first-order valence-electron chi connectivity index (χ1n) is 13.7. The van der Waals surface area contributed by atoms with Crippen LogP contribution in [-0.2, 0) is 21.6 Å². The van der Waals surface area contributed by atoms with Crippen LogP contribution in [0.15, 0.2) is 41.3 Å². The van der Waals surface area contributed by atoms with Gasteiger partial charge in [-0.25, -0.2) is 0 Å². The van der Waals surface area contributed by atoms with Crippen molar-refractivity contribution in [2.24, 2.45) is 0 Å². The third kappa shape index (κ3) is 5.49. The zero-order chi connectivity index (χ0) is 27.9. The van der Waals surface area contributed by atoms with Crippen LogP contribution >= 0.6 is 24.4 Å². The number of benzene rings is 2. The van der Waals surface area contributed by atoms with Gasteiger partial charge in [0.1, 0.15) is 11.9 Å². The molecule has 38 heavy (non-hydrogen) atoms. The molecule has 7 heteroatoms. The normalized spacial score (nSPS) is 24.2. The molecule has 0 aromatic heterocycles. The van der Waals surface area contributed by atoms with Crippen LogP contribution in [0.2, 0.25) is 0 Å². The molecule has 1 aliphatic carbocycles. The van der Waals surface area contributed by atoms with Crippen LogP contribution in [-0.4, -0.2) is 46.4 Å². The summed E-state index contributed by atoms with van der Waals surface area (Å²) in [6.45, 7) is 13.8. The first-order valence-corrected chi connectivity index (χ1v) is 15.4. The van der Waals surface area contributed by atoms with Gasteiger partial charge in [0.2, 0.25) is 0 Å². The fourth-order valence-corrected chi connectivity index (χ4v) is 7.01. The van der Waals surface area contributed by atoms with Gasteiger partial charge in [-0.3, -0.25) is 4.79 Å². The highest BCUT2D eigenvalue weighted by atomic mass is 32.2. The Kier molecular flexibility index (Phi) is 8.54. The highest BCUT2D eigenvalue weighted by Crippen LogP contribution is 2.66. The number of ether oxygens (including phenoxy) is 2. The van der Waals surface area contributed by atoms with Crippen LogP contribution < -0.4 is 10.1 Å². The van der Waals surface area contributed by atoms with Gasteiger partial charge in [0, 0.05) is 28.6 Å². The van der Waals surface area contributed by atoms with E-state index in [1.807, 2.05) is 12.1 Å². The lowest BCUT2D eigenvalue weighted by Gasteiger charge is -2.35. The second-order valence-corrected chi connectivity index (χ2v) is 13.3. The number of aryl methyl sites for hydroxylation is 1. The third-order valence-corrected chi connectivity index (χ3v) is 10.0. The maximum Gasteiger partial charge on any atom is 0.324 e. The molecule has 0 spiro atoms. The Morgan fingerprint density at radius 2 is 2.00 bits per heavy atom. The van der Waals surface area contributed by atoms with Crippen LogP contribution in [0.3, 0.4) is 0 Å². The number of carboxylic acid groups (broad SMARTS) is 1. The van der Waals surface area contributed by atoms with Crippen molar-refractivity contribution in [1.82, 2.24) is 5.32 Å². The molecule has 208 valence electrons. The number of rotatable bonds is 13. The Bertz CT molecular complexity index is 1180. The number of nitrogens with one attached hydrogen (secondary N) is 1. The smallest absolute Gasteiger partial charge is 0.324 e. The molecule has 5 atom stereocenters. The molecule has 1 aliphatic heterocycles. The number of fused-ring (bicyclic) bond motifs is 3. The molecule has 2 N–H and O–H groups in total. The predicted molar refractivity (Wildman–Crippen MR) is 159 cm³/mol. The number of hydrogen-bond donors (Lipinski definition) is 3. The van der Waals surface area contributed by atoms with Gasteiger partial charge < -0.3 is 19.9 Å². The molecule has 4 rings (SSSR count). The number of thioether (sulfide) groups is 1. The van der Waals surface area contributed by atoms with Crippen molar-refractivity contribution >= 4 is 30.4 Å². The lowest BCUT2D eigenvalue weighted by molar-refractivity contribution is -0.137. The summed E-state index contributed by atoms with van der Waals surface area (Å²) in [6.07, 6.45) is 5.34. The summed E-state index contributed by atoms with van der Waals surface area (Å²) in [5.41, 5.74) is 4.07. The van der Waals surface area contributed by atoms with E-state index in [-0.39, 0.29) is 11.5 Å². The average Bonchev–Trinajstić information content (AvgIpc) is 3.25. The number of hydrogen-bond acceptors (Lipinski definition) is 6. The van der Waals surface area contributed by atoms with Gasteiger partial charge in [0.25, 0.3) is 0 Å². The van der Waals surface area contributed by atoms with Gasteiger partial charge in [-0.15, -0.1) is 11.8 Å². The lowest BCUT2D eigenvalue weighted by atomic mass is 9.86. The fourth-order valence-electron chi connectivity index (χ4n) is 6.03. The van der Waals surface area contributed by atoms with Crippen LogP contribution in [0, 0.1) is 6.92 Å². The maximum absolute atomic E-state index is 11.9. The highest BCUT2D eigenvalue weighted by molar-refractivity contribution is 7.98. The van der Waals surface area contributed by atoms with E-state index in [0.717, 1.165) is 42.6 Å². The minimum Gasteiger partial charge on any atom is -0.487 e. The zero-order valence-corrected chi connectivity index (χ0v) is 25.5. The topological polar surface area (TPSA) is 67.8 Å². The van der Waals surface area contributed by atoms with Gasteiger partial charge in [-0.1, -0.05) is 38.1 Å². The quantitative estimate of drug-likeness (QED) is 0.187. The largest absolute Gasteiger partial charge is 0.487 e. The van der Waals surface area contributed by atoms with E-state index in [1.54, 1.807) is 11.8 Å². The van der Waals surface area contributed by atoms with E-state index in [0.29, 0.717) is 12.6 Å². The van der Waals surface area contributed by atoms with Crippen molar-refractivity contribution in [3.63, 3.8) is 0 Å². The number of carbonyl (C=O) groups is 1. The first-order chi connectivity index (χ1) is 17.9. The molecular formula is C31H43NO4S2. The summed E-state index contributed by atoms with van der Waals surface area (Å²) in [7, 11) is 0. The molecule has 5 nitrogen and oxygen atoms in total. The molecular weight excluding hydrogens is 514 g/mol. The van der Waals surface area contributed by atoms with E-state index in [9.17, 15) is 9.90 Å². The summed E-state index contributed by atoms with van der Waals surface area (Å²) < 4.78 is 11.5. The fraction of sp³-hybridized carbons (Fsp3) is 0.581. The Labute approximate surface area is 237 Å². The number of thiol groups is 1. The van der Waals surface area contributed by atoms with Crippen LogP contribution in [0.1, 0.15) is 82.1 Å². The van der Waals surface area contributed by atoms with Crippen molar-refractivity contribution < 1.29 is 19.4 Å². The monoisotopic (exact) mass is 557 g/mol. The standard InChI is InChI=1S/C31H43NO4S2/c1-8-21(32-29(4,5)18-20-13-14-24(38-7)19(3)17-20)15-16-35-30(6,9-2)22-11-10-12-23-25(22)26-27(36-23)31(26,37)28(33)34/h10-14,17,21,26-27,32,37H,8-9,15-16,18H2,1-7H3,(H,33,34). The van der Waals surface area contributed by atoms with E-state index >= 15 is 0 Å². The first kappa shape index (κ1) is 29.3. The van der Waals surface area contributed by atoms with Crippen LogP contribution in [0.5, 0.6) is 5.75 Å². The van der Waals surface area contributed by atoms with Crippen molar-refractivity contribution in [1.29, 1.82) is 0 Å². The van der Waals surface area contributed by atoms with Gasteiger partial charge in [0.15, 0.2) is 4.75 Å². The summed E-state index contributed by atoms with van der Waals surface area (Å²) >= 11 is 6.30. The van der Waals surface area contributed by atoms with Crippen LogP contribution in [0.4, 0.5) is 0 Å². The summed E-state index contributed by atoms with van der Waals surface area (Å²) in [5.74, 6) is -0.406. The van der Waals surface area contributed by atoms with Gasteiger partial charge in [-0.2, -0.15) is 12.6 Å². The SMILES string of the molecule is CCC(CCOC(C)(CC)c1cccc2c1C1C(O2)C1(S)C(=O)O)NC(C)(C)Cc1ccc(SC)c(C)c1. The van der Waals surface area contributed by atoms with Crippen molar-refractivity contribution in [3.8, 4) is 5.75 Å². The molecule has 2 aromatic carbocycles. The third-order valence-electron chi connectivity index (χ3n) is 8.40. The second-order valence-electron chi connectivity index (χ2n) is 11.7. The molecule has 0 bridgehead atoms. The Morgan fingerprint density at radius 3 is 2.61 bits per heavy atom. The highest BCUT2D eigenvalue weighted by Gasteiger charge is 2.75. The Morgan fingerprint density at radius 1 is 1.26 bits per heavy atom. The van der Waals surface area contributed by atoms with Gasteiger partial charge in [0.05, 0.1) is 11.5 Å². The number of aliphatic carboxylic acids is 1. The lowest BCUT2D eigenvalue weighted by Crippen LogP contribution is -2.47. The van der Waals surface area contributed by atoms with Crippen LogP contribution in [0.25, 0.3) is 0 Å². The molecule has 0 radical (unpaired) electrons. The average molecular weight is 558 g/mol. The van der Waals surface area contributed by atoms with Crippen molar-refractivity contribution in [2.75, 3.05) is 12.9 Å². The molecule has 0 amide bonds. The summed E-state index contributed by atoms with van der Waals surface area (Å²) in [6, 6.07) is 13.1. The minimum absolute atomic E-state index is 0.0483. The van der Waals surface area contributed by atoms with E-state index < -0.39 is 22.4 Å². The van der Waals surface area contributed by atoms with Gasteiger partial charge >= 0.3 is 5.97 Å². The zero-order valence-electron chi connectivity index (χ0n) is 23.8. The maximum atomic E-state index is 11.9. The van der Waals surface area contributed by atoms with Gasteiger partial charge in [-0.05, 0) is 88.5 Å². The molecule has 1 heterocycles. The van der Waals surface area contributed by atoms with Crippen molar-refractivity contribution in [2.45, 2.75) is 106 Å². The molecule has 1 saturated carbocycles. The predicted octanol–water partition coefficient (Wildman–Crippen LogP) is 6.75.